The second kappa shape index (κ2) is 2.66. The van der Waals surface area contributed by atoms with Crippen molar-refractivity contribution in [2.75, 3.05) is 6.54 Å². The van der Waals surface area contributed by atoms with Gasteiger partial charge in [0.25, 0.3) is 0 Å². The zero-order valence-corrected chi connectivity index (χ0v) is 6.07. The average molecular weight is 144 g/mol. The Balaban J connectivity index is 2.41. The van der Waals surface area contributed by atoms with E-state index in [1.165, 1.54) is 5.57 Å². The highest BCUT2D eigenvalue weighted by molar-refractivity contribution is 5.40. The normalized spacial score (nSPS) is 35.6. The van der Waals surface area contributed by atoms with Gasteiger partial charge in [-0.25, -0.2) is 0 Å². The predicted molar refractivity (Wildman–Crippen MR) is 44.2 cm³/mol. The molecule has 0 atom stereocenters. The maximum absolute atomic E-state index is 3.99. The lowest BCUT2D eigenvalue weighted by atomic mass is 10.1. The molecule has 1 aliphatic heterocycles. The number of hydrogen-bond donors (Lipinski definition) is 0. The topological polar surface area (TPSA) is 24.7 Å². The Morgan fingerprint density at radius 2 is 1.82 bits per heavy atom. The van der Waals surface area contributed by atoms with Gasteiger partial charge < -0.3 is 0 Å². The predicted octanol–water partition coefficient (Wildman–Crippen LogP) is 2.39. The molecule has 0 spiro atoms. The molecule has 0 N–H and O–H groups in total. The first-order valence-electron chi connectivity index (χ1n) is 3.59. The summed E-state index contributed by atoms with van der Waals surface area (Å²) in [6.45, 7) is 0.726. The summed E-state index contributed by atoms with van der Waals surface area (Å²) in [6.07, 6.45) is 12.0. The van der Waals surface area contributed by atoms with Gasteiger partial charge in [-0.3, -0.25) is 0 Å². The van der Waals surface area contributed by atoms with E-state index < -0.39 is 0 Å². The van der Waals surface area contributed by atoms with E-state index in [4.69, 9.17) is 0 Å². The van der Waals surface area contributed by atoms with Crippen molar-refractivity contribution in [2.24, 2.45) is 10.2 Å². The van der Waals surface area contributed by atoms with E-state index in [0.717, 1.165) is 12.2 Å². The van der Waals surface area contributed by atoms with Crippen LogP contribution in [0.1, 0.15) is 0 Å². The minimum absolute atomic E-state index is 0.726. The number of nitrogens with zero attached hydrogens (tertiary/aromatic N) is 2. The fourth-order valence-corrected chi connectivity index (χ4v) is 1.06. The molecule has 0 aromatic rings. The largest absolute Gasteiger partial charge is 0.184 e. The quantitative estimate of drug-likeness (QED) is 0.498. The molecule has 0 saturated heterocycles. The lowest BCUT2D eigenvalue weighted by Gasteiger charge is -1.93. The van der Waals surface area contributed by atoms with Crippen molar-refractivity contribution in [2.45, 2.75) is 0 Å². The van der Waals surface area contributed by atoms with Crippen LogP contribution in [-0.2, 0) is 0 Å². The SMILES string of the molecule is C1=C\C=C2\N=NC\C2=C/C=C/1. The summed E-state index contributed by atoms with van der Waals surface area (Å²) in [4.78, 5) is 0. The Hall–Kier alpha value is -1.44. The molecule has 1 aliphatic carbocycles. The molecule has 0 radical (unpaired) electrons. The fraction of sp³-hybridized carbons (Fsp3) is 0.111. The molecule has 0 bridgehead atoms. The van der Waals surface area contributed by atoms with Gasteiger partial charge in [-0.05, 0) is 6.08 Å². The number of azo groups is 1. The van der Waals surface area contributed by atoms with E-state index in [-0.39, 0.29) is 0 Å². The van der Waals surface area contributed by atoms with Crippen LogP contribution < -0.4 is 0 Å². The summed E-state index contributed by atoms with van der Waals surface area (Å²) in [6, 6.07) is 0. The zero-order chi connectivity index (χ0) is 7.52. The van der Waals surface area contributed by atoms with Crippen molar-refractivity contribution in [1.29, 1.82) is 0 Å². The minimum Gasteiger partial charge on any atom is -0.184 e. The summed E-state index contributed by atoms with van der Waals surface area (Å²) < 4.78 is 0. The van der Waals surface area contributed by atoms with Gasteiger partial charge in [0.1, 0.15) is 0 Å². The second-order valence-electron chi connectivity index (χ2n) is 2.41. The van der Waals surface area contributed by atoms with Crippen molar-refractivity contribution >= 4 is 0 Å². The van der Waals surface area contributed by atoms with Crippen LogP contribution in [0, 0.1) is 0 Å². The van der Waals surface area contributed by atoms with Crippen LogP contribution in [0.4, 0.5) is 0 Å². The third kappa shape index (κ3) is 1.19. The number of rotatable bonds is 0. The third-order valence-electron chi connectivity index (χ3n) is 1.63. The van der Waals surface area contributed by atoms with Crippen molar-refractivity contribution in [3.8, 4) is 0 Å². The van der Waals surface area contributed by atoms with Crippen LogP contribution in [0.3, 0.4) is 0 Å². The first-order chi connectivity index (χ1) is 5.47. The molecule has 0 saturated carbocycles. The Bertz CT molecular complexity index is 304. The Morgan fingerprint density at radius 1 is 1.00 bits per heavy atom. The third-order valence-corrected chi connectivity index (χ3v) is 1.63. The molecule has 0 fully saturated rings. The molecule has 54 valence electrons. The lowest BCUT2D eigenvalue weighted by molar-refractivity contribution is 1.14. The summed E-state index contributed by atoms with van der Waals surface area (Å²) >= 11 is 0. The number of allylic oxidation sites excluding steroid dienone is 6. The van der Waals surface area contributed by atoms with E-state index >= 15 is 0 Å². The highest BCUT2D eigenvalue weighted by atomic mass is 15.1. The summed E-state index contributed by atoms with van der Waals surface area (Å²) in [5.74, 6) is 0. The zero-order valence-electron chi connectivity index (χ0n) is 6.07. The van der Waals surface area contributed by atoms with Crippen LogP contribution in [0.5, 0.6) is 0 Å². The minimum atomic E-state index is 0.726. The van der Waals surface area contributed by atoms with E-state index in [9.17, 15) is 0 Å². The van der Waals surface area contributed by atoms with Gasteiger partial charge in [0.2, 0.25) is 0 Å². The van der Waals surface area contributed by atoms with Crippen molar-refractivity contribution in [1.82, 2.24) is 0 Å². The van der Waals surface area contributed by atoms with Crippen LogP contribution >= 0.6 is 0 Å². The molecule has 1 heterocycles. The van der Waals surface area contributed by atoms with Crippen molar-refractivity contribution in [3.05, 3.63) is 47.7 Å². The van der Waals surface area contributed by atoms with E-state index in [1.54, 1.807) is 0 Å². The smallest absolute Gasteiger partial charge is 0.0904 e. The molecule has 0 aromatic carbocycles. The molecular weight excluding hydrogens is 136 g/mol. The molecule has 2 nitrogen and oxygen atoms in total. The van der Waals surface area contributed by atoms with Crippen molar-refractivity contribution < 1.29 is 0 Å². The van der Waals surface area contributed by atoms with Gasteiger partial charge in [0, 0.05) is 5.57 Å². The van der Waals surface area contributed by atoms with E-state index in [0.29, 0.717) is 0 Å². The van der Waals surface area contributed by atoms with Crippen LogP contribution in [0.2, 0.25) is 0 Å². The van der Waals surface area contributed by atoms with Crippen LogP contribution in [0.15, 0.2) is 58.0 Å². The Morgan fingerprint density at radius 3 is 2.73 bits per heavy atom. The summed E-state index contributed by atoms with van der Waals surface area (Å²) in [7, 11) is 0. The molecule has 2 aliphatic rings. The summed E-state index contributed by atoms with van der Waals surface area (Å²) in [5.41, 5.74) is 2.19. The molecule has 0 unspecified atom stereocenters. The maximum atomic E-state index is 3.99. The molecule has 2 heteroatoms. The van der Waals surface area contributed by atoms with Gasteiger partial charge in [-0.1, -0.05) is 30.4 Å². The molecule has 0 amide bonds. The Kier molecular flexibility index (Phi) is 1.52. The highest BCUT2D eigenvalue weighted by Crippen LogP contribution is 2.20. The first-order valence-corrected chi connectivity index (χ1v) is 3.59. The van der Waals surface area contributed by atoms with Gasteiger partial charge in [0.15, 0.2) is 0 Å². The number of fused-ring (bicyclic) bond motifs is 1. The lowest BCUT2D eigenvalue weighted by Crippen LogP contribution is -1.83. The van der Waals surface area contributed by atoms with Gasteiger partial charge in [-0.2, -0.15) is 10.2 Å². The molecular formula is C9H8N2. The second-order valence-corrected chi connectivity index (χ2v) is 2.41. The maximum Gasteiger partial charge on any atom is 0.0904 e. The van der Waals surface area contributed by atoms with Gasteiger partial charge in [-0.15, -0.1) is 0 Å². The molecule has 0 aromatic heterocycles. The van der Waals surface area contributed by atoms with Gasteiger partial charge in [0.05, 0.1) is 12.2 Å². The molecule has 11 heavy (non-hydrogen) atoms. The van der Waals surface area contributed by atoms with Gasteiger partial charge >= 0.3 is 0 Å². The van der Waals surface area contributed by atoms with Crippen LogP contribution in [0.25, 0.3) is 0 Å². The van der Waals surface area contributed by atoms with Crippen molar-refractivity contribution in [3.63, 3.8) is 0 Å². The highest BCUT2D eigenvalue weighted by Gasteiger charge is 2.08. The van der Waals surface area contributed by atoms with Crippen LogP contribution in [-0.4, -0.2) is 6.54 Å². The average Bonchev–Trinajstić information content (AvgIpc) is 2.35. The van der Waals surface area contributed by atoms with E-state index in [1.807, 2.05) is 30.4 Å². The fourth-order valence-electron chi connectivity index (χ4n) is 1.06. The summed E-state index contributed by atoms with van der Waals surface area (Å²) in [5, 5.41) is 7.92. The molecule has 2 rings (SSSR count). The Labute approximate surface area is 65.3 Å². The van der Waals surface area contributed by atoms with E-state index in [2.05, 4.69) is 16.3 Å². The monoisotopic (exact) mass is 144 g/mol. The number of hydrogen-bond acceptors (Lipinski definition) is 2. The first kappa shape index (κ1) is 6.28. The standard InChI is InChI=1S/C9H8N2/c1-2-4-6-9-8(5-3-1)7-10-11-9/h1-6H,7H2/b2-1?,3-1+,4-2-,5-3?,6-4?,8-5+,9-6+.